The standard InChI is InChI=1S/C11H17N5O2S2/c1-8-9(2)19-11(14-8)15-20(17,18)10-6-13-16(7-10)5-3-4-12/h6-7H,3-5,12H2,1-2H3,(H,14,15). The van der Waals surface area contributed by atoms with Crippen LogP contribution in [0.2, 0.25) is 0 Å². The fraction of sp³-hybridized carbons (Fsp3) is 0.455. The molecule has 0 atom stereocenters. The fourth-order valence-corrected chi connectivity index (χ4v) is 3.55. The summed E-state index contributed by atoms with van der Waals surface area (Å²) < 4.78 is 28.4. The lowest BCUT2D eigenvalue weighted by Gasteiger charge is -2.01. The zero-order valence-corrected chi connectivity index (χ0v) is 13.0. The molecule has 2 aromatic rings. The zero-order chi connectivity index (χ0) is 14.8. The van der Waals surface area contributed by atoms with Crippen LogP contribution in [0.15, 0.2) is 17.3 Å². The van der Waals surface area contributed by atoms with Crippen LogP contribution in [0.3, 0.4) is 0 Å². The molecule has 0 spiro atoms. The molecule has 2 aromatic heterocycles. The van der Waals surface area contributed by atoms with Gasteiger partial charge in [0.15, 0.2) is 5.13 Å². The molecular formula is C11H17N5O2S2. The first-order chi connectivity index (χ1) is 9.42. The lowest BCUT2D eigenvalue weighted by Crippen LogP contribution is -2.12. The molecule has 7 nitrogen and oxygen atoms in total. The molecule has 0 bridgehead atoms. The molecule has 0 radical (unpaired) electrons. The van der Waals surface area contributed by atoms with Crippen molar-refractivity contribution >= 4 is 26.5 Å². The number of thiazole rings is 1. The molecular weight excluding hydrogens is 298 g/mol. The Kier molecular flexibility index (Phi) is 4.41. The smallest absolute Gasteiger partial charge is 0.266 e. The quantitative estimate of drug-likeness (QED) is 0.831. The largest absolute Gasteiger partial charge is 0.330 e. The number of hydrogen-bond acceptors (Lipinski definition) is 6. The van der Waals surface area contributed by atoms with Crippen LogP contribution < -0.4 is 10.5 Å². The van der Waals surface area contributed by atoms with Gasteiger partial charge in [0, 0.05) is 17.6 Å². The zero-order valence-electron chi connectivity index (χ0n) is 11.3. The van der Waals surface area contributed by atoms with Gasteiger partial charge >= 0.3 is 0 Å². The summed E-state index contributed by atoms with van der Waals surface area (Å²) >= 11 is 1.31. The van der Waals surface area contributed by atoms with E-state index in [1.807, 2.05) is 13.8 Å². The van der Waals surface area contributed by atoms with Crippen molar-refractivity contribution < 1.29 is 8.42 Å². The SMILES string of the molecule is Cc1nc(NS(=O)(=O)c2cnn(CCCN)c2)sc1C. The highest BCUT2D eigenvalue weighted by Crippen LogP contribution is 2.23. The van der Waals surface area contributed by atoms with E-state index in [1.165, 1.54) is 23.7 Å². The molecule has 0 fully saturated rings. The Labute approximate surface area is 121 Å². The second kappa shape index (κ2) is 5.90. The molecule has 0 amide bonds. The maximum Gasteiger partial charge on any atom is 0.266 e. The number of aryl methyl sites for hydroxylation is 3. The average molecular weight is 315 g/mol. The molecule has 3 N–H and O–H groups in total. The van der Waals surface area contributed by atoms with Gasteiger partial charge in [0.25, 0.3) is 10.0 Å². The van der Waals surface area contributed by atoms with Crippen LogP contribution in [0.4, 0.5) is 5.13 Å². The maximum atomic E-state index is 12.2. The van der Waals surface area contributed by atoms with Crippen LogP contribution in [0.5, 0.6) is 0 Å². The Balaban J connectivity index is 2.15. The van der Waals surface area contributed by atoms with Crippen molar-refractivity contribution in [3.8, 4) is 0 Å². The van der Waals surface area contributed by atoms with Gasteiger partial charge in [-0.1, -0.05) is 0 Å². The Hall–Kier alpha value is -1.45. The Bertz CT molecular complexity index is 670. The first-order valence-electron chi connectivity index (χ1n) is 6.12. The minimum atomic E-state index is -3.64. The van der Waals surface area contributed by atoms with Crippen molar-refractivity contribution in [2.24, 2.45) is 5.73 Å². The molecule has 0 aliphatic heterocycles. The fourth-order valence-electron chi connectivity index (χ4n) is 1.55. The topological polar surface area (TPSA) is 103 Å². The molecule has 0 unspecified atom stereocenters. The number of anilines is 1. The number of rotatable bonds is 6. The van der Waals surface area contributed by atoms with Gasteiger partial charge < -0.3 is 5.73 Å². The van der Waals surface area contributed by atoms with Crippen LogP contribution in [0.1, 0.15) is 17.0 Å². The molecule has 0 aliphatic carbocycles. The van der Waals surface area contributed by atoms with Gasteiger partial charge in [-0.25, -0.2) is 13.4 Å². The van der Waals surface area contributed by atoms with E-state index in [4.69, 9.17) is 5.73 Å². The van der Waals surface area contributed by atoms with E-state index in [0.29, 0.717) is 18.2 Å². The third-order valence-electron chi connectivity index (χ3n) is 2.76. The molecule has 9 heteroatoms. The van der Waals surface area contributed by atoms with Gasteiger partial charge in [0.2, 0.25) is 0 Å². The van der Waals surface area contributed by atoms with E-state index in [0.717, 1.165) is 17.0 Å². The molecule has 0 saturated carbocycles. The molecule has 110 valence electrons. The molecule has 0 aromatic carbocycles. The normalized spacial score (nSPS) is 11.8. The number of aromatic nitrogens is 3. The van der Waals surface area contributed by atoms with E-state index >= 15 is 0 Å². The molecule has 0 saturated heterocycles. The molecule has 2 heterocycles. The first kappa shape index (κ1) is 14.9. The van der Waals surface area contributed by atoms with Gasteiger partial charge in [-0.3, -0.25) is 9.40 Å². The second-order valence-corrected chi connectivity index (χ2v) is 7.23. The summed E-state index contributed by atoms with van der Waals surface area (Å²) in [7, 11) is -3.64. The van der Waals surface area contributed by atoms with Crippen LogP contribution in [0.25, 0.3) is 0 Å². The first-order valence-corrected chi connectivity index (χ1v) is 8.41. The Morgan fingerprint density at radius 2 is 2.20 bits per heavy atom. The number of hydrogen-bond donors (Lipinski definition) is 2. The highest BCUT2D eigenvalue weighted by atomic mass is 32.2. The summed E-state index contributed by atoms with van der Waals surface area (Å²) in [6, 6.07) is 0. The third-order valence-corrected chi connectivity index (χ3v) is 5.17. The van der Waals surface area contributed by atoms with Crippen molar-refractivity contribution in [3.63, 3.8) is 0 Å². The predicted octanol–water partition coefficient (Wildman–Crippen LogP) is 1.11. The average Bonchev–Trinajstić information content (AvgIpc) is 2.95. The van der Waals surface area contributed by atoms with E-state index in [2.05, 4.69) is 14.8 Å². The number of nitrogens with zero attached hydrogens (tertiary/aromatic N) is 3. The van der Waals surface area contributed by atoms with Gasteiger partial charge in [0.1, 0.15) is 4.90 Å². The van der Waals surface area contributed by atoms with Gasteiger partial charge in [0.05, 0.1) is 11.9 Å². The van der Waals surface area contributed by atoms with Crippen molar-refractivity contribution in [2.75, 3.05) is 11.3 Å². The van der Waals surface area contributed by atoms with Gasteiger partial charge in [-0.2, -0.15) is 5.10 Å². The Morgan fingerprint density at radius 1 is 1.45 bits per heavy atom. The van der Waals surface area contributed by atoms with E-state index in [9.17, 15) is 8.42 Å². The number of nitrogens with one attached hydrogen (secondary N) is 1. The van der Waals surface area contributed by atoms with Crippen LogP contribution in [0, 0.1) is 13.8 Å². The van der Waals surface area contributed by atoms with Crippen molar-refractivity contribution in [3.05, 3.63) is 23.0 Å². The van der Waals surface area contributed by atoms with E-state index < -0.39 is 10.0 Å². The van der Waals surface area contributed by atoms with Crippen molar-refractivity contribution in [1.82, 2.24) is 14.8 Å². The number of sulfonamides is 1. The summed E-state index contributed by atoms with van der Waals surface area (Å²) in [6.45, 7) is 4.88. The lowest BCUT2D eigenvalue weighted by atomic mass is 10.4. The highest BCUT2D eigenvalue weighted by Gasteiger charge is 2.18. The van der Waals surface area contributed by atoms with Gasteiger partial charge in [-0.15, -0.1) is 11.3 Å². The van der Waals surface area contributed by atoms with Crippen molar-refractivity contribution in [1.29, 1.82) is 0 Å². The minimum absolute atomic E-state index is 0.125. The van der Waals surface area contributed by atoms with Crippen LogP contribution in [-0.2, 0) is 16.6 Å². The maximum absolute atomic E-state index is 12.2. The summed E-state index contributed by atoms with van der Waals surface area (Å²) in [5.74, 6) is 0. The summed E-state index contributed by atoms with van der Waals surface area (Å²) in [6.07, 6.45) is 3.57. The van der Waals surface area contributed by atoms with E-state index in [-0.39, 0.29) is 4.90 Å². The molecule has 0 aliphatic rings. The third kappa shape index (κ3) is 3.35. The summed E-state index contributed by atoms with van der Waals surface area (Å²) in [5, 5.41) is 4.38. The molecule has 20 heavy (non-hydrogen) atoms. The van der Waals surface area contributed by atoms with Crippen LogP contribution >= 0.6 is 11.3 Å². The second-order valence-electron chi connectivity index (χ2n) is 4.35. The molecule has 2 rings (SSSR count). The van der Waals surface area contributed by atoms with E-state index in [1.54, 1.807) is 4.68 Å². The number of nitrogens with two attached hydrogens (primary N) is 1. The minimum Gasteiger partial charge on any atom is -0.330 e. The predicted molar refractivity (Wildman–Crippen MR) is 78.3 cm³/mol. The lowest BCUT2D eigenvalue weighted by molar-refractivity contribution is 0.582. The monoisotopic (exact) mass is 315 g/mol. The van der Waals surface area contributed by atoms with Crippen LogP contribution in [-0.4, -0.2) is 29.7 Å². The summed E-state index contributed by atoms with van der Waals surface area (Å²) in [4.78, 5) is 5.27. The summed E-state index contributed by atoms with van der Waals surface area (Å²) in [5.41, 5.74) is 6.23. The van der Waals surface area contributed by atoms with Gasteiger partial charge in [-0.05, 0) is 26.8 Å². The highest BCUT2D eigenvalue weighted by molar-refractivity contribution is 7.93. The Morgan fingerprint density at radius 3 is 2.80 bits per heavy atom. The van der Waals surface area contributed by atoms with Crippen molar-refractivity contribution in [2.45, 2.75) is 31.7 Å².